The topological polar surface area (TPSA) is 46.5 Å². The lowest BCUT2D eigenvalue weighted by molar-refractivity contribution is -0.141. The summed E-state index contributed by atoms with van der Waals surface area (Å²) in [6.07, 6.45) is 9.77. The zero-order chi connectivity index (χ0) is 18.0. The molecule has 0 saturated heterocycles. The third-order valence-electron chi connectivity index (χ3n) is 7.46. The number of hydrogen-bond acceptors (Lipinski definition) is 3. The molecule has 0 aromatic carbocycles. The first-order valence-corrected chi connectivity index (χ1v) is 9.65. The third-order valence-corrected chi connectivity index (χ3v) is 7.46. The van der Waals surface area contributed by atoms with Crippen molar-refractivity contribution in [2.24, 2.45) is 28.6 Å². The van der Waals surface area contributed by atoms with Crippen LogP contribution in [0.5, 0.6) is 0 Å². The van der Waals surface area contributed by atoms with Gasteiger partial charge in [-0.15, -0.1) is 0 Å². The Morgan fingerprint density at radius 1 is 1.42 bits per heavy atom. The van der Waals surface area contributed by atoms with Gasteiger partial charge >= 0.3 is 5.97 Å². The maximum Gasteiger partial charge on any atom is 0.305 e. The average molecular weight is 337 g/mol. The molecule has 0 bridgehead atoms. The first-order chi connectivity index (χ1) is 11.3. The van der Waals surface area contributed by atoms with Crippen LogP contribution in [0.1, 0.15) is 72.6 Å². The van der Waals surface area contributed by atoms with E-state index in [4.69, 9.17) is 4.74 Å². The van der Waals surface area contributed by atoms with Crippen molar-refractivity contribution in [3.63, 3.8) is 0 Å². The highest BCUT2D eigenvalue weighted by Crippen LogP contribution is 2.61. The Kier molecular flexibility index (Phi) is 6.17. The van der Waals surface area contributed by atoms with Crippen molar-refractivity contribution >= 4 is 5.97 Å². The molecule has 24 heavy (non-hydrogen) atoms. The largest absolute Gasteiger partial charge is 0.469 e. The summed E-state index contributed by atoms with van der Waals surface area (Å²) in [6.45, 7) is 9.61. The van der Waals surface area contributed by atoms with Crippen molar-refractivity contribution in [1.82, 2.24) is 0 Å². The van der Waals surface area contributed by atoms with Crippen LogP contribution in [0.3, 0.4) is 0 Å². The van der Waals surface area contributed by atoms with Gasteiger partial charge in [0.1, 0.15) is 0 Å². The normalized spacial score (nSPS) is 37.3. The number of allylic oxidation sites excluding steroid dienone is 1. The lowest BCUT2D eigenvalue weighted by Crippen LogP contribution is -2.50. The molecule has 2 aliphatic rings. The molecular formula is C21H36O3. The van der Waals surface area contributed by atoms with Gasteiger partial charge in [-0.25, -0.2) is 0 Å². The maximum atomic E-state index is 11.5. The van der Waals surface area contributed by atoms with E-state index in [0.717, 1.165) is 19.3 Å². The average Bonchev–Trinajstić information content (AvgIpc) is 2.56. The molecule has 1 saturated carbocycles. The van der Waals surface area contributed by atoms with Crippen molar-refractivity contribution in [1.29, 1.82) is 0 Å². The molecule has 2 rings (SSSR count). The number of rotatable bonds is 6. The van der Waals surface area contributed by atoms with Crippen LogP contribution in [0.15, 0.2) is 11.6 Å². The first-order valence-electron chi connectivity index (χ1n) is 9.65. The summed E-state index contributed by atoms with van der Waals surface area (Å²) in [6, 6.07) is 0. The predicted molar refractivity (Wildman–Crippen MR) is 97.5 cm³/mol. The second kappa shape index (κ2) is 7.59. The van der Waals surface area contributed by atoms with Crippen molar-refractivity contribution < 1.29 is 14.6 Å². The van der Waals surface area contributed by atoms with Crippen LogP contribution < -0.4 is 0 Å². The molecule has 0 aliphatic heterocycles. The van der Waals surface area contributed by atoms with Crippen molar-refractivity contribution in [2.75, 3.05) is 13.7 Å². The van der Waals surface area contributed by atoms with Gasteiger partial charge in [-0.1, -0.05) is 33.8 Å². The van der Waals surface area contributed by atoms with E-state index in [9.17, 15) is 9.90 Å². The van der Waals surface area contributed by atoms with Gasteiger partial charge < -0.3 is 9.84 Å². The van der Waals surface area contributed by atoms with Crippen LogP contribution in [-0.4, -0.2) is 24.8 Å². The molecule has 3 nitrogen and oxygen atoms in total. The lowest BCUT2D eigenvalue weighted by Gasteiger charge is -2.58. The van der Waals surface area contributed by atoms with Gasteiger partial charge in [0, 0.05) is 6.42 Å². The number of aliphatic hydroxyl groups excluding tert-OH is 1. The number of ether oxygens (including phenoxy) is 1. The molecule has 0 unspecified atom stereocenters. The van der Waals surface area contributed by atoms with Crippen LogP contribution in [0, 0.1) is 28.6 Å². The maximum absolute atomic E-state index is 11.5. The Morgan fingerprint density at radius 3 is 2.75 bits per heavy atom. The zero-order valence-electron chi connectivity index (χ0n) is 16.2. The molecule has 0 radical (unpaired) electrons. The monoisotopic (exact) mass is 336 g/mol. The molecule has 1 N–H and O–H groups in total. The van der Waals surface area contributed by atoms with Gasteiger partial charge in [0.2, 0.25) is 0 Å². The second-order valence-corrected chi connectivity index (χ2v) is 8.80. The van der Waals surface area contributed by atoms with E-state index in [0.29, 0.717) is 24.2 Å². The van der Waals surface area contributed by atoms with E-state index >= 15 is 0 Å². The van der Waals surface area contributed by atoms with Gasteiger partial charge in [0.15, 0.2) is 0 Å². The summed E-state index contributed by atoms with van der Waals surface area (Å²) in [5.41, 5.74) is 1.70. The van der Waals surface area contributed by atoms with E-state index in [2.05, 4.69) is 33.8 Å². The molecule has 2 aliphatic carbocycles. The standard InChI is InChI=1S/C21H36O3/c1-15(13-19(23)24-5)9-11-20(3)16(2)10-12-21(4)17(14-22)7-6-8-18(20)21/h7,15-16,18,22H,6,8-14H2,1-5H3/t15-,16-,18-,20+,21-/m1/s1. The molecule has 0 heterocycles. The van der Waals surface area contributed by atoms with Crippen molar-refractivity contribution in [3.8, 4) is 0 Å². The van der Waals surface area contributed by atoms with Crippen LogP contribution in [0.25, 0.3) is 0 Å². The minimum atomic E-state index is -0.0997. The molecule has 0 aromatic heterocycles. The van der Waals surface area contributed by atoms with Gasteiger partial charge in [0.25, 0.3) is 0 Å². The molecule has 0 aromatic rings. The molecular weight excluding hydrogens is 300 g/mol. The summed E-state index contributed by atoms with van der Waals surface area (Å²) < 4.78 is 4.82. The van der Waals surface area contributed by atoms with Crippen LogP contribution in [0.2, 0.25) is 0 Å². The van der Waals surface area contributed by atoms with Crippen molar-refractivity contribution in [2.45, 2.75) is 72.6 Å². The number of carbonyl (C=O) groups is 1. The Morgan fingerprint density at radius 2 is 2.12 bits per heavy atom. The summed E-state index contributed by atoms with van der Waals surface area (Å²) in [7, 11) is 1.47. The number of aliphatic hydroxyl groups is 1. The molecule has 0 spiro atoms. The number of methoxy groups -OCH3 is 1. The Hall–Kier alpha value is -0.830. The minimum Gasteiger partial charge on any atom is -0.469 e. The fraction of sp³-hybridized carbons (Fsp3) is 0.857. The number of fused-ring (bicyclic) bond motifs is 1. The number of hydrogen-bond donors (Lipinski definition) is 1. The molecule has 5 atom stereocenters. The SMILES string of the molecule is COC(=O)C[C@H](C)CC[C@@]1(C)[C@H](C)CC[C@]2(C)C(CO)=CCC[C@H]12. The Labute approximate surface area is 147 Å². The summed E-state index contributed by atoms with van der Waals surface area (Å²) in [5, 5.41) is 9.86. The Bertz CT molecular complexity index is 483. The van der Waals surface area contributed by atoms with Gasteiger partial charge in [0.05, 0.1) is 13.7 Å². The van der Waals surface area contributed by atoms with E-state index in [-0.39, 0.29) is 23.4 Å². The molecule has 3 heteroatoms. The third kappa shape index (κ3) is 3.56. The lowest BCUT2D eigenvalue weighted by atomic mass is 9.46. The van der Waals surface area contributed by atoms with Gasteiger partial charge in [-0.05, 0) is 72.7 Å². The molecule has 1 fully saturated rings. The highest BCUT2D eigenvalue weighted by molar-refractivity contribution is 5.69. The predicted octanol–water partition coefficient (Wildman–Crippen LogP) is 4.74. The van der Waals surface area contributed by atoms with E-state index in [1.807, 2.05) is 0 Å². The second-order valence-electron chi connectivity index (χ2n) is 8.80. The number of carbonyl (C=O) groups excluding carboxylic acids is 1. The highest BCUT2D eigenvalue weighted by Gasteiger charge is 2.53. The smallest absolute Gasteiger partial charge is 0.305 e. The first kappa shape index (κ1) is 19.5. The number of esters is 1. The summed E-state index contributed by atoms with van der Waals surface area (Å²) >= 11 is 0. The fourth-order valence-corrected chi connectivity index (χ4v) is 5.47. The summed E-state index contributed by atoms with van der Waals surface area (Å²) in [5.74, 6) is 1.59. The van der Waals surface area contributed by atoms with Crippen LogP contribution >= 0.6 is 0 Å². The van der Waals surface area contributed by atoms with Crippen molar-refractivity contribution in [3.05, 3.63) is 11.6 Å². The van der Waals surface area contributed by atoms with Gasteiger partial charge in [-0.2, -0.15) is 0 Å². The minimum absolute atomic E-state index is 0.0997. The Balaban J connectivity index is 2.14. The van der Waals surface area contributed by atoms with Gasteiger partial charge in [-0.3, -0.25) is 4.79 Å². The highest BCUT2D eigenvalue weighted by atomic mass is 16.5. The van der Waals surface area contributed by atoms with Crippen LogP contribution in [0.4, 0.5) is 0 Å². The molecule has 138 valence electrons. The zero-order valence-corrected chi connectivity index (χ0v) is 16.2. The van der Waals surface area contributed by atoms with Crippen LogP contribution in [-0.2, 0) is 9.53 Å². The van der Waals surface area contributed by atoms with E-state index in [1.54, 1.807) is 0 Å². The van der Waals surface area contributed by atoms with E-state index < -0.39 is 0 Å². The molecule has 0 amide bonds. The summed E-state index contributed by atoms with van der Waals surface area (Å²) in [4.78, 5) is 11.5. The van der Waals surface area contributed by atoms with E-state index in [1.165, 1.54) is 31.9 Å². The quantitative estimate of drug-likeness (QED) is 0.563. The fourth-order valence-electron chi connectivity index (χ4n) is 5.47.